The Morgan fingerprint density at radius 3 is 2.85 bits per heavy atom. The first kappa shape index (κ1) is 10.5. The summed E-state index contributed by atoms with van der Waals surface area (Å²) in [6.07, 6.45) is 2.00. The van der Waals surface area contributed by atoms with Crippen LogP contribution in [0.2, 0.25) is 0 Å². The van der Waals surface area contributed by atoms with Gasteiger partial charge in [0.2, 0.25) is 0 Å². The minimum absolute atomic E-state index is 0.735. The first-order valence-corrected chi connectivity index (χ1v) is 5.48. The van der Waals surface area contributed by atoms with E-state index in [1.807, 2.05) is 18.4 Å². The molecule has 0 atom stereocenters. The van der Waals surface area contributed by atoms with Gasteiger partial charge in [-0.1, -0.05) is 6.92 Å². The van der Waals surface area contributed by atoms with Crippen molar-refractivity contribution in [1.29, 1.82) is 0 Å². The van der Waals surface area contributed by atoms with Crippen molar-refractivity contribution >= 4 is 38.8 Å². The molecule has 0 aliphatic heterocycles. The summed E-state index contributed by atoms with van der Waals surface area (Å²) in [4.78, 5) is 11.5. The van der Waals surface area contributed by atoms with Crippen LogP contribution >= 0.6 is 27.3 Å². The van der Waals surface area contributed by atoms with Gasteiger partial charge in [-0.2, -0.15) is 0 Å². The highest BCUT2D eigenvalue weighted by molar-refractivity contribution is 9.10. The van der Waals surface area contributed by atoms with Crippen LogP contribution in [0.25, 0.3) is 5.57 Å². The van der Waals surface area contributed by atoms with E-state index in [2.05, 4.69) is 15.9 Å². The van der Waals surface area contributed by atoms with Crippen LogP contribution in [-0.4, -0.2) is 11.1 Å². The topological polar surface area (TPSA) is 37.3 Å². The van der Waals surface area contributed by atoms with Gasteiger partial charge in [-0.3, -0.25) is 0 Å². The fourth-order valence-corrected chi connectivity index (χ4v) is 2.50. The van der Waals surface area contributed by atoms with Crippen LogP contribution in [0.4, 0.5) is 0 Å². The van der Waals surface area contributed by atoms with Crippen LogP contribution in [-0.2, 0) is 4.79 Å². The zero-order chi connectivity index (χ0) is 9.84. The Kier molecular flexibility index (Phi) is 3.69. The summed E-state index contributed by atoms with van der Waals surface area (Å²) in [6, 6.07) is 1.93. The lowest BCUT2D eigenvalue weighted by Crippen LogP contribution is -1.89. The maximum Gasteiger partial charge on any atom is 0.328 e. The van der Waals surface area contributed by atoms with Crippen LogP contribution in [0.15, 0.2) is 22.0 Å². The number of carboxylic acid groups (broad SMARTS) is 1. The molecule has 1 aromatic rings. The van der Waals surface area contributed by atoms with Gasteiger partial charge in [-0.05, 0) is 34.0 Å². The lowest BCUT2D eigenvalue weighted by atomic mass is 10.1. The van der Waals surface area contributed by atoms with E-state index >= 15 is 0 Å². The molecule has 0 aliphatic carbocycles. The molecule has 0 saturated carbocycles. The van der Waals surface area contributed by atoms with Crippen molar-refractivity contribution < 1.29 is 9.90 Å². The minimum Gasteiger partial charge on any atom is -0.478 e. The van der Waals surface area contributed by atoms with Gasteiger partial charge < -0.3 is 5.11 Å². The zero-order valence-electron chi connectivity index (χ0n) is 7.08. The first-order valence-electron chi connectivity index (χ1n) is 3.81. The molecule has 0 spiro atoms. The maximum atomic E-state index is 10.5. The number of thiophene rings is 1. The molecule has 13 heavy (non-hydrogen) atoms. The summed E-state index contributed by atoms with van der Waals surface area (Å²) in [5, 5.41) is 10.5. The third-order valence-corrected chi connectivity index (χ3v) is 3.33. The number of allylic oxidation sites excluding steroid dienone is 1. The van der Waals surface area contributed by atoms with Crippen LogP contribution in [0.3, 0.4) is 0 Å². The van der Waals surface area contributed by atoms with Crippen molar-refractivity contribution in [3.8, 4) is 0 Å². The lowest BCUT2D eigenvalue weighted by molar-refractivity contribution is -0.131. The second-order valence-electron chi connectivity index (χ2n) is 2.49. The summed E-state index contributed by atoms with van der Waals surface area (Å²) in [5.41, 5.74) is 0.864. The smallest absolute Gasteiger partial charge is 0.328 e. The van der Waals surface area contributed by atoms with E-state index in [9.17, 15) is 4.79 Å². The fraction of sp³-hybridized carbons (Fsp3) is 0.222. The van der Waals surface area contributed by atoms with Gasteiger partial charge in [0.05, 0.1) is 0 Å². The van der Waals surface area contributed by atoms with Crippen LogP contribution in [0.1, 0.15) is 18.2 Å². The first-order chi connectivity index (χ1) is 6.13. The van der Waals surface area contributed by atoms with E-state index in [1.54, 1.807) is 11.3 Å². The van der Waals surface area contributed by atoms with E-state index in [0.29, 0.717) is 0 Å². The third kappa shape index (κ3) is 2.97. The van der Waals surface area contributed by atoms with E-state index < -0.39 is 5.97 Å². The Labute approximate surface area is 89.0 Å². The van der Waals surface area contributed by atoms with Crippen molar-refractivity contribution in [3.63, 3.8) is 0 Å². The Morgan fingerprint density at radius 1 is 1.77 bits per heavy atom. The Bertz CT molecular complexity index is 341. The number of hydrogen-bond acceptors (Lipinski definition) is 2. The number of carboxylic acids is 1. The molecule has 0 saturated heterocycles. The molecule has 1 rings (SSSR count). The Balaban J connectivity index is 2.97. The van der Waals surface area contributed by atoms with Crippen molar-refractivity contribution in [3.05, 3.63) is 26.9 Å². The van der Waals surface area contributed by atoms with E-state index in [-0.39, 0.29) is 0 Å². The molecule has 1 aromatic heterocycles. The molecule has 4 heteroatoms. The van der Waals surface area contributed by atoms with Crippen LogP contribution in [0, 0.1) is 0 Å². The molecule has 0 amide bonds. The van der Waals surface area contributed by atoms with Gasteiger partial charge in [0.15, 0.2) is 0 Å². The highest BCUT2D eigenvalue weighted by atomic mass is 79.9. The monoisotopic (exact) mass is 260 g/mol. The summed E-state index contributed by atoms with van der Waals surface area (Å²) in [5.74, 6) is -0.888. The number of halogens is 1. The fourth-order valence-electron chi connectivity index (χ4n) is 0.978. The van der Waals surface area contributed by atoms with E-state index in [4.69, 9.17) is 5.11 Å². The molecule has 0 aliphatic rings. The van der Waals surface area contributed by atoms with Gasteiger partial charge in [0.1, 0.15) is 0 Å². The van der Waals surface area contributed by atoms with Gasteiger partial charge in [-0.15, -0.1) is 11.3 Å². The number of hydrogen-bond donors (Lipinski definition) is 1. The van der Waals surface area contributed by atoms with Crippen LogP contribution in [0.5, 0.6) is 0 Å². The Morgan fingerprint density at radius 2 is 2.46 bits per heavy atom. The predicted octanol–water partition coefficient (Wildman–Crippen LogP) is 3.39. The molecule has 70 valence electrons. The van der Waals surface area contributed by atoms with Gasteiger partial charge >= 0.3 is 5.97 Å². The highest BCUT2D eigenvalue weighted by Gasteiger charge is 2.04. The van der Waals surface area contributed by atoms with Gasteiger partial charge in [0.25, 0.3) is 0 Å². The largest absolute Gasteiger partial charge is 0.478 e. The van der Waals surface area contributed by atoms with E-state index in [0.717, 1.165) is 21.3 Å². The van der Waals surface area contributed by atoms with Gasteiger partial charge in [0, 0.05) is 20.8 Å². The van der Waals surface area contributed by atoms with Crippen molar-refractivity contribution in [2.45, 2.75) is 13.3 Å². The molecule has 0 fully saturated rings. The van der Waals surface area contributed by atoms with E-state index in [1.165, 1.54) is 6.08 Å². The standard InChI is InChI=1S/C9H9BrO2S/c1-2-6(3-9(11)12)8-4-7(10)5-13-8/h3-5H,2H2,1H3,(H,11,12)/b6-3+. The van der Waals surface area contributed by atoms with Crippen molar-refractivity contribution in [2.24, 2.45) is 0 Å². The van der Waals surface area contributed by atoms with Gasteiger partial charge in [-0.25, -0.2) is 4.79 Å². The second-order valence-corrected chi connectivity index (χ2v) is 4.32. The number of carbonyl (C=O) groups is 1. The Hall–Kier alpha value is -0.610. The minimum atomic E-state index is -0.888. The van der Waals surface area contributed by atoms with Crippen molar-refractivity contribution in [2.75, 3.05) is 0 Å². The zero-order valence-corrected chi connectivity index (χ0v) is 9.48. The molecule has 0 radical (unpaired) electrons. The predicted molar refractivity (Wildman–Crippen MR) is 57.9 cm³/mol. The second kappa shape index (κ2) is 4.58. The molecule has 2 nitrogen and oxygen atoms in total. The summed E-state index contributed by atoms with van der Waals surface area (Å²) >= 11 is 4.88. The summed E-state index contributed by atoms with van der Waals surface area (Å²) in [7, 11) is 0. The normalized spacial score (nSPS) is 11.7. The van der Waals surface area contributed by atoms with Crippen molar-refractivity contribution in [1.82, 2.24) is 0 Å². The summed E-state index contributed by atoms with van der Waals surface area (Å²) in [6.45, 7) is 1.95. The molecule has 1 heterocycles. The average molecular weight is 261 g/mol. The molecule has 0 bridgehead atoms. The third-order valence-electron chi connectivity index (χ3n) is 1.56. The molecular weight excluding hydrogens is 252 g/mol. The quantitative estimate of drug-likeness (QED) is 0.847. The number of rotatable bonds is 3. The lowest BCUT2D eigenvalue weighted by Gasteiger charge is -1.97. The summed E-state index contributed by atoms with van der Waals surface area (Å²) < 4.78 is 0.997. The SMILES string of the molecule is CC/C(=C\C(=O)O)c1cc(Br)cs1. The highest BCUT2D eigenvalue weighted by Crippen LogP contribution is 2.27. The maximum absolute atomic E-state index is 10.5. The molecule has 0 aromatic carbocycles. The molecular formula is C9H9BrO2S. The molecule has 1 N–H and O–H groups in total. The molecule has 0 unspecified atom stereocenters. The van der Waals surface area contributed by atoms with Crippen LogP contribution < -0.4 is 0 Å². The average Bonchev–Trinajstić information content (AvgIpc) is 2.47. The number of aliphatic carboxylic acids is 1.